The number of hydrogen-bond acceptors (Lipinski definition) is 4. The lowest BCUT2D eigenvalue weighted by molar-refractivity contribution is 0.602. The van der Waals surface area contributed by atoms with Gasteiger partial charge in [-0.05, 0) is 48.6 Å². The van der Waals surface area contributed by atoms with Gasteiger partial charge >= 0.3 is 0 Å². The highest BCUT2D eigenvalue weighted by atomic mass is 32.2. The van der Waals surface area contributed by atoms with Crippen LogP contribution in [0.1, 0.15) is 16.8 Å². The summed E-state index contributed by atoms with van der Waals surface area (Å²) in [6.07, 6.45) is 0. The molecule has 23 heavy (non-hydrogen) atoms. The molecule has 0 fully saturated rings. The molecule has 1 aromatic carbocycles. The molecule has 0 aliphatic carbocycles. The van der Waals surface area contributed by atoms with Crippen molar-refractivity contribution in [1.29, 1.82) is 0 Å². The van der Waals surface area contributed by atoms with E-state index in [1.165, 1.54) is 11.3 Å². The van der Waals surface area contributed by atoms with Crippen molar-refractivity contribution in [1.82, 2.24) is 4.98 Å². The Kier molecular flexibility index (Phi) is 3.91. The molecule has 0 saturated heterocycles. The number of rotatable bonds is 4. The first-order valence-electron chi connectivity index (χ1n) is 6.78. The van der Waals surface area contributed by atoms with Crippen molar-refractivity contribution in [2.45, 2.75) is 18.1 Å². The van der Waals surface area contributed by atoms with Gasteiger partial charge in [0.25, 0.3) is 10.0 Å². The molecule has 120 valence electrons. The van der Waals surface area contributed by atoms with Crippen LogP contribution in [0.3, 0.4) is 0 Å². The Bertz CT molecular complexity index is 1020. The number of benzene rings is 1. The van der Waals surface area contributed by atoms with Gasteiger partial charge in [0.2, 0.25) is 0 Å². The third-order valence-electron chi connectivity index (χ3n) is 3.58. The van der Waals surface area contributed by atoms with Crippen LogP contribution in [-0.2, 0) is 10.0 Å². The zero-order valence-electron chi connectivity index (χ0n) is 12.5. The fourth-order valence-electron chi connectivity index (χ4n) is 2.40. The van der Waals surface area contributed by atoms with Crippen LogP contribution in [0.2, 0.25) is 0 Å². The predicted molar refractivity (Wildman–Crippen MR) is 98.8 cm³/mol. The summed E-state index contributed by atoms with van der Waals surface area (Å²) in [6, 6.07) is 7.21. The monoisotopic (exact) mass is 365 g/mol. The highest BCUT2D eigenvalue weighted by molar-refractivity contribution is 7.94. The number of anilines is 1. The van der Waals surface area contributed by atoms with Gasteiger partial charge in [0, 0.05) is 5.39 Å². The number of nitrogens with one attached hydrogen (secondary N) is 2. The normalized spacial score (nSPS) is 11.7. The Balaban J connectivity index is 2.12. The number of nitrogens with two attached hydrogens (primary N) is 1. The van der Waals surface area contributed by atoms with Crippen molar-refractivity contribution in [3.8, 4) is 0 Å². The largest absolute Gasteiger partial charge is 0.388 e. The molecule has 3 rings (SSSR count). The molecule has 0 amide bonds. The Morgan fingerprint density at radius 1 is 1.26 bits per heavy atom. The number of aromatic amines is 1. The molecule has 3 aromatic rings. The van der Waals surface area contributed by atoms with Crippen LogP contribution in [-0.4, -0.2) is 18.4 Å². The van der Waals surface area contributed by atoms with Gasteiger partial charge in [-0.15, -0.1) is 11.3 Å². The molecule has 0 aliphatic rings. The van der Waals surface area contributed by atoms with Crippen molar-refractivity contribution in [3.05, 3.63) is 46.5 Å². The summed E-state index contributed by atoms with van der Waals surface area (Å²) in [5.41, 5.74) is 9.15. The molecular formula is C15H15N3O2S3. The van der Waals surface area contributed by atoms with Crippen molar-refractivity contribution in [2.75, 3.05) is 4.72 Å². The number of thiophene rings is 1. The second-order valence-corrected chi connectivity index (χ2v) is 8.50. The second-order valence-electron chi connectivity index (χ2n) is 5.26. The first kappa shape index (κ1) is 16.0. The van der Waals surface area contributed by atoms with E-state index < -0.39 is 10.0 Å². The van der Waals surface area contributed by atoms with Crippen molar-refractivity contribution in [3.63, 3.8) is 0 Å². The number of aryl methyl sites for hydroxylation is 2. The van der Waals surface area contributed by atoms with Crippen molar-refractivity contribution < 1.29 is 8.42 Å². The van der Waals surface area contributed by atoms with Gasteiger partial charge in [0.05, 0.1) is 16.9 Å². The van der Waals surface area contributed by atoms with Crippen LogP contribution < -0.4 is 10.5 Å². The van der Waals surface area contributed by atoms with E-state index in [9.17, 15) is 8.42 Å². The van der Waals surface area contributed by atoms with Crippen LogP contribution in [0.25, 0.3) is 10.9 Å². The summed E-state index contributed by atoms with van der Waals surface area (Å²) < 4.78 is 28.1. The van der Waals surface area contributed by atoms with Crippen LogP contribution in [0, 0.1) is 13.8 Å². The van der Waals surface area contributed by atoms with Crippen LogP contribution in [0.15, 0.2) is 33.9 Å². The summed E-state index contributed by atoms with van der Waals surface area (Å²) in [7, 11) is -3.63. The lowest BCUT2D eigenvalue weighted by Gasteiger charge is -2.09. The maximum Gasteiger partial charge on any atom is 0.271 e. The average Bonchev–Trinajstić information content (AvgIpc) is 3.09. The second kappa shape index (κ2) is 5.63. The topological polar surface area (TPSA) is 88.0 Å². The summed E-state index contributed by atoms with van der Waals surface area (Å²) in [5.74, 6) is 0. The number of H-pyrrole nitrogens is 1. The zero-order chi connectivity index (χ0) is 16.8. The first-order chi connectivity index (χ1) is 10.8. The van der Waals surface area contributed by atoms with E-state index in [-0.39, 0.29) is 4.99 Å². The average molecular weight is 366 g/mol. The third-order valence-corrected chi connectivity index (χ3v) is 6.85. The minimum atomic E-state index is -3.63. The Hall–Kier alpha value is -1.90. The zero-order valence-corrected chi connectivity index (χ0v) is 15.0. The van der Waals surface area contributed by atoms with Gasteiger partial charge in [0.1, 0.15) is 9.20 Å². The maximum absolute atomic E-state index is 12.6. The molecule has 4 N–H and O–H groups in total. The molecule has 0 atom stereocenters. The lowest BCUT2D eigenvalue weighted by Crippen LogP contribution is -2.13. The minimum absolute atomic E-state index is 0.239. The highest BCUT2D eigenvalue weighted by Crippen LogP contribution is 2.30. The summed E-state index contributed by atoms with van der Waals surface area (Å²) in [6.45, 7) is 3.72. The molecule has 2 aromatic heterocycles. The van der Waals surface area contributed by atoms with Gasteiger partial charge < -0.3 is 10.7 Å². The summed E-state index contributed by atoms with van der Waals surface area (Å²) >= 11 is 6.18. The predicted octanol–water partition coefficient (Wildman–Crippen LogP) is 3.28. The van der Waals surface area contributed by atoms with E-state index in [2.05, 4.69) is 9.71 Å². The first-order valence-corrected chi connectivity index (χ1v) is 9.56. The quantitative estimate of drug-likeness (QED) is 0.619. The van der Waals surface area contributed by atoms with E-state index in [4.69, 9.17) is 18.0 Å². The molecule has 0 saturated carbocycles. The SMILES string of the molecule is Cc1ccsc1S(=O)(=O)Nc1ccc(C)c2cc(C(N)=S)[nH]c12. The smallest absolute Gasteiger partial charge is 0.271 e. The Morgan fingerprint density at radius 3 is 2.61 bits per heavy atom. The Labute approximate surface area is 143 Å². The Morgan fingerprint density at radius 2 is 2.00 bits per heavy atom. The number of hydrogen-bond donors (Lipinski definition) is 3. The molecule has 0 spiro atoms. The van der Waals surface area contributed by atoms with Crippen molar-refractivity contribution in [2.24, 2.45) is 5.73 Å². The van der Waals surface area contributed by atoms with E-state index >= 15 is 0 Å². The van der Waals surface area contributed by atoms with Crippen LogP contribution >= 0.6 is 23.6 Å². The van der Waals surface area contributed by atoms with Gasteiger partial charge in [-0.25, -0.2) is 8.42 Å². The van der Waals surface area contributed by atoms with Crippen molar-refractivity contribution >= 4 is 55.2 Å². The molecule has 0 bridgehead atoms. The highest BCUT2D eigenvalue weighted by Gasteiger charge is 2.20. The number of aromatic nitrogens is 1. The van der Waals surface area contributed by atoms with E-state index in [0.29, 0.717) is 21.1 Å². The molecule has 0 radical (unpaired) electrons. The number of fused-ring (bicyclic) bond motifs is 1. The maximum atomic E-state index is 12.6. The molecule has 2 heterocycles. The van der Waals surface area contributed by atoms with E-state index in [1.54, 1.807) is 24.4 Å². The van der Waals surface area contributed by atoms with Gasteiger partial charge in [-0.1, -0.05) is 18.3 Å². The standard InChI is InChI=1S/C15H15N3O2S3/c1-8-3-4-11(13-10(8)7-12(17-13)14(16)21)18-23(19,20)15-9(2)5-6-22-15/h3-7,17-18H,1-2H3,(H2,16,21). The van der Waals surface area contributed by atoms with Crippen LogP contribution in [0.4, 0.5) is 5.69 Å². The minimum Gasteiger partial charge on any atom is -0.388 e. The summed E-state index contributed by atoms with van der Waals surface area (Å²) in [4.78, 5) is 3.34. The lowest BCUT2D eigenvalue weighted by atomic mass is 10.1. The molecule has 0 unspecified atom stereocenters. The molecular weight excluding hydrogens is 350 g/mol. The van der Waals surface area contributed by atoms with Gasteiger partial charge in [-0.3, -0.25) is 4.72 Å². The number of thiocarbonyl (C=S) groups is 1. The van der Waals surface area contributed by atoms with E-state index in [0.717, 1.165) is 16.5 Å². The molecule has 8 heteroatoms. The van der Waals surface area contributed by atoms with E-state index in [1.807, 2.05) is 19.1 Å². The number of sulfonamides is 1. The fraction of sp³-hybridized carbons (Fsp3) is 0.133. The fourth-order valence-corrected chi connectivity index (χ4v) is 5.00. The van der Waals surface area contributed by atoms with Gasteiger partial charge in [-0.2, -0.15) is 0 Å². The third kappa shape index (κ3) is 2.85. The van der Waals surface area contributed by atoms with Crippen LogP contribution in [0.5, 0.6) is 0 Å². The van der Waals surface area contributed by atoms with Gasteiger partial charge in [0.15, 0.2) is 0 Å². The molecule has 0 aliphatic heterocycles. The summed E-state index contributed by atoms with van der Waals surface area (Å²) in [5, 5.41) is 2.64. The molecule has 5 nitrogen and oxygen atoms in total.